The molecule has 0 unspecified atom stereocenters. The van der Waals surface area contributed by atoms with E-state index in [1.807, 2.05) is 31.3 Å². The SMILES string of the molecule is Cc1ccncc1N1CCN(c2ccc3c(c2)N=CC3)C1=O. The van der Waals surface area contributed by atoms with Gasteiger partial charge in [0.1, 0.15) is 0 Å². The minimum absolute atomic E-state index is 0.00183. The Bertz CT molecular complexity index is 784. The number of carbonyl (C=O) groups is 1. The second-order valence-corrected chi connectivity index (χ2v) is 5.58. The summed E-state index contributed by atoms with van der Waals surface area (Å²) in [5, 5.41) is 0. The molecule has 1 fully saturated rings. The van der Waals surface area contributed by atoms with Crippen LogP contribution < -0.4 is 9.80 Å². The first-order valence-corrected chi connectivity index (χ1v) is 7.39. The summed E-state index contributed by atoms with van der Waals surface area (Å²) in [6.45, 7) is 3.35. The predicted molar refractivity (Wildman–Crippen MR) is 87.4 cm³/mol. The van der Waals surface area contributed by atoms with E-state index in [1.165, 1.54) is 5.56 Å². The number of pyridine rings is 1. The van der Waals surface area contributed by atoms with Crippen LogP contribution in [0.3, 0.4) is 0 Å². The number of aryl methyl sites for hydroxylation is 1. The van der Waals surface area contributed by atoms with Crippen LogP contribution in [-0.2, 0) is 6.42 Å². The summed E-state index contributed by atoms with van der Waals surface area (Å²) in [7, 11) is 0. The molecule has 1 saturated heterocycles. The van der Waals surface area contributed by atoms with Crippen LogP contribution in [0.5, 0.6) is 0 Å². The third kappa shape index (κ3) is 1.97. The zero-order chi connectivity index (χ0) is 15.1. The summed E-state index contributed by atoms with van der Waals surface area (Å²) in [5.74, 6) is 0. The maximum Gasteiger partial charge on any atom is 0.329 e. The summed E-state index contributed by atoms with van der Waals surface area (Å²) < 4.78 is 0. The molecule has 0 N–H and O–H groups in total. The lowest BCUT2D eigenvalue weighted by molar-refractivity contribution is 0.256. The van der Waals surface area contributed by atoms with Gasteiger partial charge in [-0.15, -0.1) is 0 Å². The van der Waals surface area contributed by atoms with E-state index in [4.69, 9.17) is 0 Å². The lowest BCUT2D eigenvalue weighted by Gasteiger charge is -2.20. The standard InChI is InChI=1S/C17H16N4O/c1-12-4-6-18-11-16(12)21-9-8-20(17(21)22)14-3-2-13-5-7-19-15(13)10-14/h2-4,6-7,10-11H,5,8-9H2,1H3. The number of hydrogen-bond acceptors (Lipinski definition) is 3. The zero-order valence-electron chi connectivity index (χ0n) is 12.4. The summed E-state index contributed by atoms with van der Waals surface area (Å²) in [5.41, 5.74) is 5.04. The van der Waals surface area contributed by atoms with Crippen LogP contribution in [0, 0.1) is 6.92 Å². The summed E-state index contributed by atoms with van der Waals surface area (Å²) in [6, 6.07) is 7.98. The van der Waals surface area contributed by atoms with Gasteiger partial charge in [0.2, 0.25) is 0 Å². The normalized spacial score (nSPS) is 16.5. The van der Waals surface area contributed by atoms with Gasteiger partial charge < -0.3 is 0 Å². The quantitative estimate of drug-likeness (QED) is 0.854. The van der Waals surface area contributed by atoms with Crippen molar-refractivity contribution in [3.63, 3.8) is 0 Å². The lowest BCUT2D eigenvalue weighted by atomic mass is 10.1. The maximum atomic E-state index is 12.7. The molecule has 0 spiro atoms. The Kier molecular flexibility index (Phi) is 2.92. The van der Waals surface area contributed by atoms with E-state index in [0.717, 1.165) is 29.0 Å². The number of anilines is 2. The predicted octanol–water partition coefficient (Wildman–Crippen LogP) is 3.10. The van der Waals surface area contributed by atoms with Gasteiger partial charge in [-0.2, -0.15) is 0 Å². The lowest BCUT2D eigenvalue weighted by Crippen LogP contribution is -2.32. The third-order valence-corrected chi connectivity index (χ3v) is 4.23. The van der Waals surface area contributed by atoms with Crippen molar-refractivity contribution in [2.75, 3.05) is 22.9 Å². The molecule has 3 heterocycles. The van der Waals surface area contributed by atoms with E-state index in [0.29, 0.717) is 13.1 Å². The second kappa shape index (κ2) is 4.94. The fourth-order valence-corrected chi connectivity index (χ4v) is 2.99. The Morgan fingerprint density at radius 1 is 1.14 bits per heavy atom. The number of hydrogen-bond donors (Lipinski definition) is 0. The monoisotopic (exact) mass is 292 g/mol. The number of carbonyl (C=O) groups excluding carboxylic acids is 1. The zero-order valence-corrected chi connectivity index (χ0v) is 12.4. The van der Waals surface area contributed by atoms with Crippen molar-refractivity contribution in [3.05, 3.63) is 47.8 Å². The van der Waals surface area contributed by atoms with Gasteiger partial charge >= 0.3 is 6.03 Å². The van der Waals surface area contributed by atoms with E-state index >= 15 is 0 Å². The highest BCUT2D eigenvalue weighted by Gasteiger charge is 2.31. The Hall–Kier alpha value is -2.69. The van der Waals surface area contributed by atoms with Crippen LogP contribution in [0.15, 0.2) is 41.7 Å². The van der Waals surface area contributed by atoms with Crippen LogP contribution >= 0.6 is 0 Å². The van der Waals surface area contributed by atoms with E-state index < -0.39 is 0 Å². The smallest absolute Gasteiger partial charge is 0.292 e. The number of nitrogens with zero attached hydrogens (tertiary/aromatic N) is 4. The van der Waals surface area contributed by atoms with Crippen LogP contribution in [-0.4, -0.2) is 30.3 Å². The van der Waals surface area contributed by atoms with Gasteiger partial charge in [-0.3, -0.25) is 19.8 Å². The Balaban J connectivity index is 1.64. The highest BCUT2D eigenvalue weighted by Crippen LogP contribution is 2.32. The first-order valence-electron chi connectivity index (χ1n) is 7.39. The van der Waals surface area contributed by atoms with Crippen molar-refractivity contribution in [1.29, 1.82) is 0 Å². The van der Waals surface area contributed by atoms with Gasteiger partial charge in [0.05, 0.1) is 17.6 Å². The van der Waals surface area contributed by atoms with E-state index in [1.54, 1.807) is 22.2 Å². The van der Waals surface area contributed by atoms with Gasteiger partial charge in [-0.1, -0.05) is 6.07 Å². The van der Waals surface area contributed by atoms with Gasteiger partial charge in [-0.25, -0.2) is 4.79 Å². The molecule has 2 aliphatic heterocycles. The number of amides is 2. The molecule has 2 aromatic rings. The first-order chi connectivity index (χ1) is 10.7. The molecule has 0 radical (unpaired) electrons. The Morgan fingerprint density at radius 3 is 2.86 bits per heavy atom. The third-order valence-electron chi connectivity index (χ3n) is 4.23. The summed E-state index contributed by atoms with van der Waals surface area (Å²) in [4.78, 5) is 24.8. The molecule has 1 aromatic carbocycles. The molecule has 0 aliphatic carbocycles. The Morgan fingerprint density at radius 2 is 2.00 bits per heavy atom. The van der Waals surface area contributed by atoms with Gasteiger partial charge in [0.15, 0.2) is 0 Å². The maximum absolute atomic E-state index is 12.7. The first kappa shape index (κ1) is 13.0. The fourth-order valence-electron chi connectivity index (χ4n) is 2.99. The molecule has 4 rings (SSSR count). The van der Waals surface area contributed by atoms with E-state index in [9.17, 15) is 4.79 Å². The molecule has 0 bridgehead atoms. The second-order valence-electron chi connectivity index (χ2n) is 5.58. The minimum atomic E-state index is -0.00183. The van der Waals surface area contributed by atoms with Gasteiger partial charge in [0.25, 0.3) is 0 Å². The van der Waals surface area contributed by atoms with Crippen LogP contribution in [0.2, 0.25) is 0 Å². The average Bonchev–Trinajstić information content (AvgIpc) is 3.13. The molecule has 2 amide bonds. The highest BCUT2D eigenvalue weighted by molar-refractivity contribution is 6.06. The number of rotatable bonds is 2. The molecular formula is C17H16N4O. The average molecular weight is 292 g/mol. The summed E-state index contributed by atoms with van der Waals surface area (Å²) >= 11 is 0. The molecule has 0 atom stereocenters. The topological polar surface area (TPSA) is 48.8 Å². The van der Waals surface area contributed by atoms with E-state index in [-0.39, 0.29) is 6.03 Å². The van der Waals surface area contributed by atoms with Crippen molar-refractivity contribution < 1.29 is 4.79 Å². The molecule has 0 saturated carbocycles. The number of aromatic nitrogens is 1. The van der Waals surface area contributed by atoms with Crippen LogP contribution in [0.4, 0.5) is 21.9 Å². The van der Waals surface area contributed by atoms with Crippen molar-refractivity contribution in [2.45, 2.75) is 13.3 Å². The minimum Gasteiger partial charge on any atom is -0.292 e. The van der Waals surface area contributed by atoms with Crippen molar-refractivity contribution in [2.24, 2.45) is 4.99 Å². The molecule has 5 heteroatoms. The molecule has 110 valence electrons. The van der Waals surface area contributed by atoms with Gasteiger partial charge in [0, 0.05) is 37.6 Å². The number of fused-ring (bicyclic) bond motifs is 1. The Labute approximate surface area is 128 Å². The number of benzene rings is 1. The molecule has 1 aromatic heterocycles. The van der Waals surface area contributed by atoms with E-state index in [2.05, 4.69) is 16.0 Å². The van der Waals surface area contributed by atoms with Crippen LogP contribution in [0.1, 0.15) is 11.1 Å². The largest absolute Gasteiger partial charge is 0.329 e. The highest BCUT2D eigenvalue weighted by atomic mass is 16.2. The van der Waals surface area contributed by atoms with Crippen molar-refractivity contribution >= 4 is 29.3 Å². The van der Waals surface area contributed by atoms with Crippen molar-refractivity contribution in [3.8, 4) is 0 Å². The molecule has 5 nitrogen and oxygen atoms in total. The number of urea groups is 1. The fraction of sp³-hybridized carbons (Fsp3) is 0.235. The molecule has 22 heavy (non-hydrogen) atoms. The van der Waals surface area contributed by atoms with Gasteiger partial charge in [-0.05, 0) is 36.2 Å². The van der Waals surface area contributed by atoms with Crippen LogP contribution in [0.25, 0.3) is 0 Å². The molecular weight excluding hydrogens is 276 g/mol. The summed E-state index contributed by atoms with van der Waals surface area (Å²) in [6.07, 6.45) is 6.29. The number of aliphatic imine (C=N–C) groups is 1. The molecule has 2 aliphatic rings. The van der Waals surface area contributed by atoms with Crippen molar-refractivity contribution in [1.82, 2.24) is 4.98 Å².